The van der Waals surface area contributed by atoms with Crippen molar-refractivity contribution in [2.75, 3.05) is 26.9 Å². The largest absolute Gasteiger partial charge is 0.484 e. The maximum Gasteiger partial charge on any atom is 0.325 e. The van der Waals surface area contributed by atoms with Crippen LogP contribution in [-0.2, 0) is 19.1 Å². The first-order chi connectivity index (χ1) is 12.5. The highest BCUT2D eigenvalue weighted by Crippen LogP contribution is 2.20. The predicted molar refractivity (Wildman–Crippen MR) is 93.5 cm³/mol. The number of fused-ring (bicyclic) bond motifs is 1. The van der Waals surface area contributed by atoms with Gasteiger partial charge in [0.2, 0.25) is 5.91 Å². The first-order valence-electron chi connectivity index (χ1n) is 7.90. The van der Waals surface area contributed by atoms with Crippen LogP contribution in [0.5, 0.6) is 5.75 Å². The molecular weight excluding hydrogens is 340 g/mol. The van der Waals surface area contributed by atoms with Gasteiger partial charge in [-0.25, -0.2) is 0 Å². The number of hydrogen-bond acceptors (Lipinski definition) is 6. The normalized spacial score (nSPS) is 11.5. The maximum atomic E-state index is 11.9. The van der Waals surface area contributed by atoms with Crippen molar-refractivity contribution in [3.05, 3.63) is 42.5 Å². The van der Waals surface area contributed by atoms with E-state index in [4.69, 9.17) is 4.74 Å². The number of esters is 1. The third kappa shape index (κ3) is 5.45. The lowest BCUT2D eigenvalue weighted by Crippen LogP contribution is -2.51. The van der Waals surface area contributed by atoms with Gasteiger partial charge in [-0.3, -0.25) is 14.4 Å². The molecule has 8 nitrogen and oxygen atoms in total. The number of hydrogen-bond donors (Lipinski definition) is 3. The number of aliphatic hydroxyl groups is 1. The first-order valence-corrected chi connectivity index (χ1v) is 7.90. The fourth-order valence-electron chi connectivity index (χ4n) is 2.19. The minimum absolute atomic E-state index is 0.320. The molecule has 0 aliphatic rings. The number of ether oxygens (including phenoxy) is 2. The van der Waals surface area contributed by atoms with Crippen LogP contribution < -0.4 is 15.4 Å². The van der Waals surface area contributed by atoms with Gasteiger partial charge < -0.3 is 25.2 Å². The predicted octanol–water partition coefficient (Wildman–Crippen LogP) is -0.0151. The Balaban J connectivity index is 1.85. The molecule has 0 unspecified atom stereocenters. The molecule has 0 saturated carbocycles. The van der Waals surface area contributed by atoms with E-state index in [2.05, 4.69) is 15.4 Å². The van der Waals surface area contributed by atoms with Gasteiger partial charge in [0.15, 0.2) is 6.61 Å². The van der Waals surface area contributed by atoms with E-state index in [1.807, 2.05) is 30.3 Å². The minimum Gasteiger partial charge on any atom is -0.484 e. The molecule has 8 heteroatoms. The van der Waals surface area contributed by atoms with Crippen molar-refractivity contribution >= 4 is 28.6 Å². The molecule has 0 radical (unpaired) electrons. The number of aliphatic hydroxyl groups excluding tert-OH is 1. The Hall–Kier alpha value is -3.13. The van der Waals surface area contributed by atoms with Crippen LogP contribution in [-0.4, -0.2) is 55.8 Å². The molecule has 2 amide bonds. The zero-order valence-corrected chi connectivity index (χ0v) is 14.2. The number of methoxy groups -OCH3 is 1. The zero-order valence-electron chi connectivity index (χ0n) is 14.2. The summed E-state index contributed by atoms with van der Waals surface area (Å²) in [5, 5.41) is 15.9. The standard InChI is InChI=1S/C18H20N2O6/c1-25-17(23)9-19-18(24)15(10-21)20-16(22)11-26-14-7-6-12-4-2-3-5-13(12)8-14/h2-8,15,21H,9-11H2,1H3,(H,19,24)(H,20,22)/t15-/m0/s1. The Morgan fingerprint density at radius 1 is 1.12 bits per heavy atom. The van der Waals surface area contributed by atoms with E-state index in [1.165, 1.54) is 7.11 Å². The van der Waals surface area contributed by atoms with Crippen LogP contribution in [0.4, 0.5) is 0 Å². The second-order valence-corrected chi connectivity index (χ2v) is 5.39. The summed E-state index contributed by atoms with van der Waals surface area (Å²) in [5.74, 6) is -1.40. The van der Waals surface area contributed by atoms with E-state index in [0.29, 0.717) is 5.75 Å². The van der Waals surface area contributed by atoms with Crippen molar-refractivity contribution in [3.63, 3.8) is 0 Å². The zero-order chi connectivity index (χ0) is 18.9. The number of carbonyl (C=O) groups is 3. The highest BCUT2D eigenvalue weighted by Gasteiger charge is 2.20. The number of nitrogens with one attached hydrogen (secondary N) is 2. The Bertz CT molecular complexity index is 792. The van der Waals surface area contributed by atoms with Crippen LogP contribution in [0.15, 0.2) is 42.5 Å². The van der Waals surface area contributed by atoms with Gasteiger partial charge in [-0.2, -0.15) is 0 Å². The van der Waals surface area contributed by atoms with Crippen molar-refractivity contribution in [2.24, 2.45) is 0 Å². The summed E-state index contributed by atoms with van der Waals surface area (Å²) in [6, 6.07) is 11.9. The molecule has 2 rings (SSSR count). The van der Waals surface area contributed by atoms with Gasteiger partial charge in [0.1, 0.15) is 18.3 Å². The van der Waals surface area contributed by atoms with Crippen LogP contribution in [0.3, 0.4) is 0 Å². The topological polar surface area (TPSA) is 114 Å². The number of amides is 2. The molecule has 0 fully saturated rings. The molecule has 0 spiro atoms. The van der Waals surface area contributed by atoms with Gasteiger partial charge in [-0.05, 0) is 22.9 Å². The Labute approximate surface area is 150 Å². The van der Waals surface area contributed by atoms with E-state index in [9.17, 15) is 19.5 Å². The number of carbonyl (C=O) groups excluding carboxylic acids is 3. The van der Waals surface area contributed by atoms with Crippen LogP contribution in [0.1, 0.15) is 0 Å². The Morgan fingerprint density at radius 2 is 1.85 bits per heavy atom. The van der Waals surface area contributed by atoms with E-state index in [-0.39, 0.29) is 13.2 Å². The third-order valence-corrected chi connectivity index (χ3v) is 3.56. The van der Waals surface area contributed by atoms with Gasteiger partial charge in [-0.1, -0.05) is 30.3 Å². The monoisotopic (exact) mass is 360 g/mol. The highest BCUT2D eigenvalue weighted by atomic mass is 16.5. The molecule has 2 aromatic carbocycles. The fourth-order valence-corrected chi connectivity index (χ4v) is 2.19. The molecule has 0 aliphatic carbocycles. The number of rotatable bonds is 8. The quantitative estimate of drug-likeness (QED) is 0.571. The molecule has 26 heavy (non-hydrogen) atoms. The lowest BCUT2D eigenvalue weighted by Gasteiger charge is -2.16. The fraction of sp³-hybridized carbons (Fsp3) is 0.278. The van der Waals surface area contributed by atoms with Gasteiger partial charge in [0, 0.05) is 0 Å². The van der Waals surface area contributed by atoms with E-state index in [0.717, 1.165) is 10.8 Å². The molecule has 138 valence electrons. The van der Waals surface area contributed by atoms with Crippen molar-refractivity contribution in [3.8, 4) is 5.75 Å². The number of benzene rings is 2. The van der Waals surface area contributed by atoms with Crippen molar-refractivity contribution in [2.45, 2.75) is 6.04 Å². The summed E-state index contributed by atoms with van der Waals surface area (Å²) < 4.78 is 9.81. The summed E-state index contributed by atoms with van der Waals surface area (Å²) in [6.07, 6.45) is 0. The minimum atomic E-state index is -1.19. The second-order valence-electron chi connectivity index (χ2n) is 5.39. The summed E-state index contributed by atoms with van der Waals surface area (Å²) in [7, 11) is 1.18. The average Bonchev–Trinajstić information content (AvgIpc) is 2.68. The van der Waals surface area contributed by atoms with Crippen LogP contribution in [0.2, 0.25) is 0 Å². The van der Waals surface area contributed by atoms with Gasteiger partial charge in [0.25, 0.3) is 5.91 Å². The SMILES string of the molecule is COC(=O)CNC(=O)[C@H](CO)NC(=O)COc1ccc2ccccc2c1. The van der Waals surface area contributed by atoms with Crippen LogP contribution in [0, 0.1) is 0 Å². The summed E-state index contributed by atoms with van der Waals surface area (Å²) >= 11 is 0. The molecule has 0 aliphatic heterocycles. The van der Waals surface area contributed by atoms with E-state index >= 15 is 0 Å². The van der Waals surface area contributed by atoms with E-state index < -0.39 is 30.4 Å². The third-order valence-electron chi connectivity index (χ3n) is 3.56. The van der Waals surface area contributed by atoms with Gasteiger partial charge >= 0.3 is 5.97 Å². The smallest absolute Gasteiger partial charge is 0.325 e. The van der Waals surface area contributed by atoms with Crippen LogP contribution >= 0.6 is 0 Å². The molecule has 0 bridgehead atoms. The lowest BCUT2D eigenvalue weighted by atomic mass is 10.1. The van der Waals surface area contributed by atoms with Crippen molar-refractivity contribution in [1.82, 2.24) is 10.6 Å². The molecule has 1 atom stereocenters. The average molecular weight is 360 g/mol. The molecule has 3 N–H and O–H groups in total. The molecule has 0 heterocycles. The summed E-state index contributed by atoms with van der Waals surface area (Å²) in [6.45, 7) is -1.29. The van der Waals surface area contributed by atoms with Crippen molar-refractivity contribution < 1.29 is 29.0 Å². The molecule has 2 aromatic rings. The van der Waals surface area contributed by atoms with Gasteiger partial charge in [-0.15, -0.1) is 0 Å². The molecular formula is C18H20N2O6. The molecule has 0 aromatic heterocycles. The van der Waals surface area contributed by atoms with E-state index in [1.54, 1.807) is 12.1 Å². The Kier molecular flexibility index (Phi) is 6.92. The second kappa shape index (κ2) is 9.38. The Morgan fingerprint density at radius 3 is 2.54 bits per heavy atom. The first kappa shape index (κ1) is 19.2. The highest BCUT2D eigenvalue weighted by molar-refractivity contribution is 5.90. The summed E-state index contributed by atoms with van der Waals surface area (Å²) in [4.78, 5) is 34.7. The lowest BCUT2D eigenvalue weighted by molar-refractivity contribution is -0.141. The van der Waals surface area contributed by atoms with Crippen LogP contribution in [0.25, 0.3) is 10.8 Å². The summed E-state index contributed by atoms with van der Waals surface area (Å²) in [5.41, 5.74) is 0. The molecule has 0 saturated heterocycles. The maximum absolute atomic E-state index is 11.9. The van der Waals surface area contributed by atoms with Crippen molar-refractivity contribution in [1.29, 1.82) is 0 Å². The van der Waals surface area contributed by atoms with Gasteiger partial charge in [0.05, 0.1) is 13.7 Å².